The molecular weight excluding hydrogens is 262 g/mol. The van der Waals surface area contributed by atoms with E-state index in [4.69, 9.17) is 0 Å². The van der Waals surface area contributed by atoms with Crippen LogP contribution in [0.15, 0.2) is 42.6 Å². The number of carbonyl (C=O) groups excluding carboxylic acids is 1. The Balaban J connectivity index is 1.91. The third-order valence-corrected chi connectivity index (χ3v) is 2.97. The Morgan fingerprint density at radius 2 is 1.86 bits per heavy atom. The minimum absolute atomic E-state index is 0.0593. The summed E-state index contributed by atoms with van der Waals surface area (Å²) in [5.41, 5.74) is 3.13. The highest BCUT2D eigenvalue weighted by molar-refractivity contribution is 5.91. The number of hydrogen-bond acceptors (Lipinski definition) is 3. The Bertz CT molecular complexity index is 588. The lowest BCUT2D eigenvalue weighted by atomic mass is 10.1. The zero-order valence-corrected chi connectivity index (χ0v) is 12.7. The van der Waals surface area contributed by atoms with Gasteiger partial charge in [0.05, 0.1) is 18.3 Å². The van der Waals surface area contributed by atoms with Crippen LogP contribution in [0.5, 0.6) is 0 Å². The Morgan fingerprint density at radius 1 is 1.14 bits per heavy atom. The first-order chi connectivity index (χ1) is 10.0. The topological polar surface area (TPSA) is 54.0 Å². The van der Waals surface area contributed by atoms with Crippen LogP contribution in [0.25, 0.3) is 0 Å². The summed E-state index contributed by atoms with van der Waals surface area (Å²) in [5, 5.41) is 6.06. The van der Waals surface area contributed by atoms with Gasteiger partial charge in [-0.3, -0.25) is 4.79 Å². The summed E-state index contributed by atoms with van der Waals surface area (Å²) in [7, 11) is 0. The van der Waals surface area contributed by atoms with Crippen molar-refractivity contribution >= 4 is 17.4 Å². The van der Waals surface area contributed by atoms with Gasteiger partial charge in [0.2, 0.25) is 5.91 Å². The van der Waals surface area contributed by atoms with Crippen LogP contribution < -0.4 is 10.6 Å². The molecule has 0 spiro atoms. The average Bonchev–Trinajstić information content (AvgIpc) is 2.43. The normalized spacial score (nSPS) is 10.5. The van der Waals surface area contributed by atoms with Crippen LogP contribution in [0.4, 0.5) is 11.5 Å². The fourth-order valence-electron chi connectivity index (χ4n) is 1.96. The molecule has 1 heterocycles. The average molecular weight is 283 g/mol. The van der Waals surface area contributed by atoms with Crippen LogP contribution in [-0.4, -0.2) is 16.9 Å². The molecule has 2 rings (SSSR count). The van der Waals surface area contributed by atoms with Crippen molar-refractivity contribution in [2.24, 2.45) is 0 Å². The Labute approximate surface area is 125 Å². The first kappa shape index (κ1) is 15.0. The van der Waals surface area contributed by atoms with Gasteiger partial charge in [-0.15, -0.1) is 0 Å². The molecule has 110 valence electrons. The van der Waals surface area contributed by atoms with E-state index in [-0.39, 0.29) is 5.91 Å². The Hall–Kier alpha value is -2.36. The van der Waals surface area contributed by atoms with E-state index >= 15 is 0 Å². The molecule has 2 N–H and O–H groups in total. The third-order valence-electron chi connectivity index (χ3n) is 2.97. The van der Waals surface area contributed by atoms with Gasteiger partial charge in [-0.1, -0.05) is 29.8 Å². The summed E-state index contributed by atoms with van der Waals surface area (Å²) in [6, 6.07) is 12.0. The van der Waals surface area contributed by atoms with Gasteiger partial charge in [-0.05, 0) is 38.5 Å². The molecule has 4 heteroatoms. The lowest BCUT2D eigenvalue weighted by Gasteiger charge is -2.10. The molecule has 0 aliphatic rings. The van der Waals surface area contributed by atoms with Gasteiger partial charge in [0.25, 0.3) is 0 Å². The lowest BCUT2D eigenvalue weighted by molar-refractivity contribution is -0.115. The van der Waals surface area contributed by atoms with E-state index in [1.54, 1.807) is 12.3 Å². The van der Waals surface area contributed by atoms with Crippen LogP contribution in [-0.2, 0) is 11.2 Å². The second-order valence-corrected chi connectivity index (χ2v) is 5.44. The summed E-state index contributed by atoms with van der Waals surface area (Å²) in [6.07, 6.45) is 2.08. The zero-order chi connectivity index (χ0) is 15.2. The highest BCUT2D eigenvalue weighted by Crippen LogP contribution is 2.11. The standard InChI is InChI=1S/C17H21N3O/c1-12(2)19-15-8-9-16(18-11-15)20-17(21)10-14-6-4-13(3)5-7-14/h4-9,11-12,19H,10H2,1-3H3,(H,18,20,21). The van der Waals surface area contributed by atoms with E-state index < -0.39 is 0 Å². The number of pyridine rings is 1. The molecule has 0 aliphatic carbocycles. The lowest BCUT2D eigenvalue weighted by Crippen LogP contribution is -2.15. The van der Waals surface area contributed by atoms with E-state index in [2.05, 4.69) is 29.5 Å². The monoisotopic (exact) mass is 283 g/mol. The van der Waals surface area contributed by atoms with Crippen LogP contribution in [0.2, 0.25) is 0 Å². The Kier molecular flexibility index (Phi) is 4.93. The molecule has 0 saturated carbocycles. The van der Waals surface area contributed by atoms with Crippen molar-refractivity contribution in [1.82, 2.24) is 4.98 Å². The number of benzene rings is 1. The fourth-order valence-corrected chi connectivity index (χ4v) is 1.96. The molecule has 2 aromatic rings. The molecule has 1 aromatic heterocycles. The van der Waals surface area contributed by atoms with Gasteiger partial charge >= 0.3 is 0 Å². The summed E-state index contributed by atoms with van der Waals surface area (Å²) < 4.78 is 0. The molecule has 0 radical (unpaired) electrons. The maximum Gasteiger partial charge on any atom is 0.229 e. The van der Waals surface area contributed by atoms with Crippen molar-refractivity contribution in [3.63, 3.8) is 0 Å². The molecule has 4 nitrogen and oxygen atoms in total. The number of aromatic nitrogens is 1. The summed E-state index contributed by atoms with van der Waals surface area (Å²) in [5.74, 6) is 0.511. The van der Waals surface area contributed by atoms with E-state index in [1.165, 1.54) is 5.56 Å². The van der Waals surface area contributed by atoms with E-state index in [1.807, 2.05) is 37.3 Å². The SMILES string of the molecule is Cc1ccc(CC(=O)Nc2ccc(NC(C)C)cn2)cc1. The van der Waals surface area contributed by atoms with Crippen LogP contribution in [0.3, 0.4) is 0 Å². The van der Waals surface area contributed by atoms with E-state index in [0.29, 0.717) is 18.3 Å². The largest absolute Gasteiger partial charge is 0.382 e. The molecule has 1 amide bonds. The molecule has 0 saturated heterocycles. The van der Waals surface area contributed by atoms with Crippen LogP contribution in [0, 0.1) is 6.92 Å². The molecule has 0 fully saturated rings. The number of nitrogens with zero attached hydrogens (tertiary/aromatic N) is 1. The molecule has 0 aliphatic heterocycles. The minimum Gasteiger partial charge on any atom is -0.382 e. The van der Waals surface area contributed by atoms with E-state index in [9.17, 15) is 4.79 Å². The van der Waals surface area contributed by atoms with Crippen molar-refractivity contribution in [3.8, 4) is 0 Å². The number of nitrogens with one attached hydrogen (secondary N) is 2. The van der Waals surface area contributed by atoms with E-state index in [0.717, 1.165) is 11.3 Å². The predicted molar refractivity (Wildman–Crippen MR) is 86.5 cm³/mol. The highest BCUT2D eigenvalue weighted by Gasteiger charge is 2.05. The summed E-state index contributed by atoms with van der Waals surface area (Å²) >= 11 is 0. The maximum atomic E-state index is 12.0. The third kappa shape index (κ3) is 4.91. The zero-order valence-electron chi connectivity index (χ0n) is 12.7. The number of anilines is 2. The number of hydrogen-bond donors (Lipinski definition) is 2. The first-order valence-corrected chi connectivity index (χ1v) is 7.11. The predicted octanol–water partition coefficient (Wildman–Crippen LogP) is 3.39. The number of carbonyl (C=O) groups is 1. The van der Waals surface area contributed by atoms with Crippen LogP contribution in [0.1, 0.15) is 25.0 Å². The van der Waals surface area contributed by atoms with Gasteiger partial charge in [0.1, 0.15) is 5.82 Å². The van der Waals surface area contributed by atoms with Crippen LogP contribution >= 0.6 is 0 Å². The summed E-state index contributed by atoms with van der Waals surface area (Å²) in [6.45, 7) is 6.16. The molecule has 0 bridgehead atoms. The smallest absolute Gasteiger partial charge is 0.229 e. The second-order valence-electron chi connectivity index (χ2n) is 5.44. The van der Waals surface area contributed by atoms with Gasteiger partial charge < -0.3 is 10.6 Å². The number of amides is 1. The number of rotatable bonds is 5. The van der Waals surface area contributed by atoms with Crippen molar-refractivity contribution in [2.75, 3.05) is 10.6 Å². The highest BCUT2D eigenvalue weighted by atomic mass is 16.1. The second kappa shape index (κ2) is 6.88. The first-order valence-electron chi connectivity index (χ1n) is 7.11. The van der Waals surface area contributed by atoms with Crippen molar-refractivity contribution in [3.05, 3.63) is 53.7 Å². The van der Waals surface area contributed by atoms with Gasteiger partial charge in [0, 0.05) is 6.04 Å². The number of aryl methyl sites for hydroxylation is 1. The van der Waals surface area contributed by atoms with Gasteiger partial charge in [-0.2, -0.15) is 0 Å². The van der Waals surface area contributed by atoms with Crippen molar-refractivity contribution < 1.29 is 4.79 Å². The minimum atomic E-state index is -0.0593. The fraction of sp³-hybridized carbons (Fsp3) is 0.294. The Morgan fingerprint density at radius 3 is 2.43 bits per heavy atom. The molecule has 0 atom stereocenters. The molecule has 0 unspecified atom stereocenters. The molecular formula is C17H21N3O. The maximum absolute atomic E-state index is 12.0. The quantitative estimate of drug-likeness (QED) is 0.884. The molecule has 21 heavy (non-hydrogen) atoms. The van der Waals surface area contributed by atoms with Gasteiger partial charge in [0.15, 0.2) is 0 Å². The van der Waals surface area contributed by atoms with Crippen molar-refractivity contribution in [1.29, 1.82) is 0 Å². The van der Waals surface area contributed by atoms with Crippen molar-refractivity contribution in [2.45, 2.75) is 33.2 Å². The van der Waals surface area contributed by atoms with Gasteiger partial charge in [-0.25, -0.2) is 4.98 Å². The molecule has 1 aromatic carbocycles. The summed E-state index contributed by atoms with van der Waals surface area (Å²) in [4.78, 5) is 16.2.